The van der Waals surface area contributed by atoms with Gasteiger partial charge >= 0.3 is 13.8 Å². The van der Waals surface area contributed by atoms with Crippen LogP contribution in [0.2, 0.25) is 0 Å². The summed E-state index contributed by atoms with van der Waals surface area (Å²) >= 11 is 0.980. The Morgan fingerprint density at radius 1 is 1.21 bits per heavy atom. The van der Waals surface area contributed by atoms with Gasteiger partial charge in [-0.05, 0) is 51.7 Å². The molecule has 1 aliphatic carbocycles. The molecule has 1 amide bonds. The third-order valence-electron chi connectivity index (χ3n) is 6.32. The Kier molecular flexibility index (Phi) is 7.52. The minimum Gasteiger partial charge on any atom is -0.461 e. The lowest BCUT2D eigenvalue weighted by atomic mass is 9.84. The smallest absolute Gasteiger partial charge is 0.425 e. The molecule has 0 aromatic heterocycles. The number of rotatable bonds is 6. The quantitative estimate of drug-likeness (QED) is 0.291. The number of amides is 1. The van der Waals surface area contributed by atoms with E-state index in [1.54, 1.807) is 17.4 Å². The van der Waals surface area contributed by atoms with Crippen LogP contribution >= 0.6 is 19.9 Å². The molecule has 186 valence electrons. The van der Waals surface area contributed by atoms with Gasteiger partial charge in [0.2, 0.25) is 0 Å². The highest BCUT2D eigenvalue weighted by Crippen LogP contribution is 2.63. The number of nitrogens with zero attached hydrogens (tertiary/aromatic N) is 2. The number of hydrogen-bond acceptors (Lipinski definition) is 7. The van der Waals surface area contributed by atoms with Gasteiger partial charge in [0.15, 0.2) is 11.5 Å². The average molecular weight is 501 g/mol. The van der Waals surface area contributed by atoms with Crippen LogP contribution in [-0.4, -0.2) is 40.3 Å². The van der Waals surface area contributed by atoms with Gasteiger partial charge in [-0.15, -0.1) is 4.08 Å². The van der Waals surface area contributed by atoms with Crippen LogP contribution in [0.4, 0.5) is 4.79 Å². The summed E-state index contributed by atoms with van der Waals surface area (Å²) in [4.78, 5) is 13.1. The first kappa shape index (κ1) is 26.4. The second-order valence-electron chi connectivity index (χ2n) is 10.5. The average Bonchev–Trinajstić information content (AvgIpc) is 3.01. The maximum atomic E-state index is 13.7. The molecule has 1 fully saturated rings. The van der Waals surface area contributed by atoms with E-state index in [-0.39, 0.29) is 10.8 Å². The number of carbonyl (C=O) groups is 1. The van der Waals surface area contributed by atoms with E-state index >= 15 is 0 Å². The number of hydrogen-bond donors (Lipinski definition) is 0. The molecule has 0 bridgehead atoms. The van der Waals surface area contributed by atoms with Crippen LogP contribution in [0.1, 0.15) is 67.7 Å². The van der Waals surface area contributed by atoms with Gasteiger partial charge in [0.1, 0.15) is 0 Å². The predicted molar refractivity (Wildman–Crippen MR) is 130 cm³/mol. The third kappa shape index (κ3) is 5.38. The van der Waals surface area contributed by atoms with Gasteiger partial charge in [-0.25, -0.2) is 13.7 Å². The van der Waals surface area contributed by atoms with Gasteiger partial charge in [-0.1, -0.05) is 33.8 Å². The summed E-state index contributed by atoms with van der Waals surface area (Å²) in [5.41, 5.74) is -0.145. The first-order valence-electron chi connectivity index (χ1n) is 11.4. The molecule has 2 aliphatic heterocycles. The first-order chi connectivity index (χ1) is 15.3. The van der Waals surface area contributed by atoms with Crippen molar-refractivity contribution in [2.24, 2.45) is 10.8 Å². The Labute approximate surface area is 202 Å². The molecule has 0 aromatic rings. The second kappa shape index (κ2) is 9.42. The zero-order chi connectivity index (χ0) is 24.7. The topological polar surface area (TPSA) is 77.5 Å². The van der Waals surface area contributed by atoms with Crippen molar-refractivity contribution in [1.82, 2.24) is 8.38 Å². The Hall–Kier alpha value is -1.25. The Bertz CT molecular complexity index is 902. The highest BCUT2D eigenvalue weighted by atomic mass is 32.2. The molecule has 0 unspecified atom stereocenters. The molecule has 0 aromatic carbocycles. The maximum Gasteiger partial charge on any atom is 0.425 e. The molecule has 3 rings (SSSR count). The normalized spacial score (nSPS) is 23.1. The molecule has 10 heteroatoms. The van der Waals surface area contributed by atoms with E-state index in [1.165, 1.54) is 4.31 Å². The molecule has 0 spiro atoms. The summed E-state index contributed by atoms with van der Waals surface area (Å²) in [6, 6.07) is 0. The van der Waals surface area contributed by atoms with Crippen LogP contribution in [0.5, 0.6) is 0 Å². The van der Waals surface area contributed by atoms with Gasteiger partial charge in [0, 0.05) is 23.4 Å². The lowest BCUT2D eigenvalue weighted by Crippen LogP contribution is -2.43. The van der Waals surface area contributed by atoms with Crippen LogP contribution in [0.3, 0.4) is 0 Å². The number of fused-ring (bicyclic) bond motifs is 1. The number of carbonyl (C=O) groups excluding carboxylic acids is 1. The van der Waals surface area contributed by atoms with E-state index in [9.17, 15) is 9.36 Å². The van der Waals surface area contributed by atoms with E-state index < -0.39 is 19.4 Å². The van der Waals surface area contributed by atoms with Crippen LogP contribution in [0.15, 0.2) is 35.5 Å². The SMILES string of the molecule is CCC1(CC)COP(=O)(N(SN(C)C(=O)OC2=C3OC=CC=C3CC2(C)C)C(C)(C)C)OC1. The van der Waals surface area contributed by atoms with Crippen molar-refractivity contribution in [3.63, 3.8) is 0 Å². The van der Waals surface area contributed by atoms with Crippen LogP contribution in [-0.2, 0) is 23.1 Å². The molecule has 3 aliphatic rings. The molecule has 2 heterocycles. The van der Waals surface area contributed by atoms with Gasteiger partial charge in [0.25, 0.3) is 0 Å². The van der Waals surface area contributed by atoms with Crippen LogP contribution < -0.4 is 0 Å². The minimum atomic E-state index is -3.64. The highest BCUT2D eigenvalue weighted by Gasteiger charge is 2.50. The fourth-order valence-electron chi connectivity index (χ4n) is 3.92. The summed E-state index contributed by atoms with van der Waals surface area (Å²) in [6.45, 7) is 14.6. The zero-order valence-electron chi connectivity index (χ0n) is 21.0. The zero-order valence-corrected chi connectivity index (χ0v) is 22.7. The van der Waals surface area contributed by atoms with E-state index in [0.29, 0.717) is 31.2 Å². The minimum absolute atomic E-state index is 0.144. The van der Waals surface area contributed by atoms with E-state index in [2.05, 4.69) is 13.8 Å². The van der Waals surface area contributed by atoms with Crippen molar-refractivity contribution >= 4 is 26.0 Å². The largest absolute Gasteiger partial charge is 0.461 e. The molecule has 0 saturated carbocycles. The third-order valence-corrected chi connectivity index (χ3v) is 10.2. The summed E-state index contributed by atoms with van der Waals surface area (Å²) in [6.07, 6.45) is 7.24. The van der Waals surface area contributed by atoms with E-state index in [4.69, 9.17) is 18.5 Å². The lowest BCUT2D eigenvalue weighted by molar-refractivity contribution is -0.00265. The molecule has 8 nitrogen and oxygen atoms in total. The molecule has 33 heavy (non-hydrogen) atoms. The number of ether oxygens (including phenoxy) is 2. The fraction of sp³-hybridized carbons (Fsp3) is 0.696. The van der Waals surface area contributed by atoms with Gasteiger partial charge in [-0.3, -0.25) is 9.05 Å². The molecule has 1 saturated heterocycles. The van der Waals surface area contributed by atoms with Gasteiger partial charge in [0.05, 0.1) is 31.6 Å². The lowest BCUT2D eigenvalue weighted by Gasteiger charge is -2.45. The van der Waals surface area contributed by atoms with Crippen LogP contribution in [0.25, 0.3) is 0 Å². The second-order valence-corrected chi connectivity index (χ2v) is 13.7. The van der Waals surface area contributed by atoms with E-state index in [0.717, 1.165) is 30.5 Å². The fourth-order valence-corrected chi connectivity index (χ4v) is 7.36. The maximum absolute atomic E-state index is 13.7. The first-order valence-corrected chi connectivity index (χ1v) is 13.6. The summed E-state index contributed by atoms with van der Waals surface area (Å²) in [7, 11) is -2.06. The van der Waals surface area contributed by atoms with Gasteiger partial charge < -0.3 is 9.47 Å². The van der Waals surface area contributed by atoms with Crippen molar-refractivity contribution in [2.75, 3.05) is 20.3 Å². The standard InChI is InChI=1S/C23H37N2O6PS/c1-9-23(10-2)15-29-32(27,30-16-23)25(21(3,4)5)33-24(8)20(26)31-19-18-17(12-11-13-28-18)14-22(19,6)7/h11-13H,9-10,14-16H2,1-8H3. The summed E-state index contributed by atoms with van der Waals surface area (Å²) in [5, 5.41) is 0. The Morgan fingerprint density at radius 2 is 1.82 bits per heavy atom. The molecular formula is C23H37N2O6PS. The van der Waals surface area contributed by atoms with Crippen LogP contribution in [0, 0.1) is 10.8 Å². The monoisotopic (exact) mass is 500 g/mol. The Morgan fingerprint density at radius 3 is 2.36 bits per heavy atom. The predicted octanol–water partition coefficient (Wildman–Crippen LogP) is 6.79. The molecular weight excluding hydrogens is 463 g/mol. The van der Waals surface area contributed by atoms with Crippen molar-refractivity contribution in [1.29, 1.82) is 0 Å². The molecule has 0 N–H and O–H groups in total. The molecule has 0 atom stereocenters. The Balaban J connectivity index is 1.75. The summed E-state index contributed by atoms with van der Waals surface area (Å²) < 4.78 is 39.8. The molecule has 0 radical (unpaired) electrons. The van der Waals surface area contributed by atoms with Crippen molar-refractivity contribution in [3.8, 4) is 0 Å². The van der Waals surface area contributed by atoms with Crippen molar-refractivity contribution in [2.45, 2.75) is 73.3 Å². The van der Waals surface area contributed by atoms with Crippen molar-refractivity contribution in [3.05, 3.63) is 35.5 Å². The van der Waals surface area contributed by atoms with Gasteiger partial charge in [-0.2, -0.15) is 0 Å². The van der Waals surface area contributed by atoms with E-state index in [1.807, 2.05) is 46.8 Å². The highest BCUT2D eigenvalue weighted by molar-refractivity contribution is 7.99. The number of allylic oxidation sites excluding steroid dienone is 4. The summed E-state index contributed by atoms with van der Waals surface area (Å²) in [5.74, 6) is 1.08. The van der Waals surface area contributed by atoms with Crippen molar-refractivity contribution < 1.29 is 27.9 Å².